The molecular weight excluding hydrogens is 210 g/mol. The van der Waals surface area contributed by atoms with Gasteiger partial charge in [-0.3, -0.25) is 4.68 Å². The van der Waals surface area contributed by atoms with E-state index in [2.05, 4.69) is 23.5 Å². The Labute approximate surface area is 96.8 Å². The van der Waals surface area contributed by atoms with Gasteiger partial charge < -0.3 is 5.32 Å². The van der Waals surface area contributed by atoms with Crippen molar-refractivity contribution in [3.63, 3.8) is 0 Å². The maximum absolute atomic E-state index is 5.60. The van der Waals surface area contributed by atoms with Gasteiger partial charge >= 0.3 is 0 Å². The fourth-order valence-corrected chi connectivity index (χ4v) is 1.61. The molecule has 0 aliphatic heterocycles. The van der Waals surface area contributed by atoms with E-state index in [0.29, 0.717) is 0 Å². The highest BCUT2D eigenvalue weighted by Crippen LogP contribution is 1.98. The van der Waals surface area contributed by atoms with Crippen molar-refractivity contribution in [1.29, 1.82) is 0 Å². The topological polar surface area (TPSA) is 29.9 Å². The molecule has 0 spiro atoms. The molecule has 0 saturated heterocycles. The van der Waals surface area contributed by atoms with Gasteiger partial charge in [0.25, 0.3) is 0 Å². The predicted molar refractivity (Wildman–Crippen MR) is 64.2 cm³/mol. The third-order valence-electron chi connectivity index (χ3n) is 2.33. The van der Waals surface area contributed by atoms with E-state index in [9.17, 15) is 0 Å². The van der Waals surface area contributed by atoms with Gasteiger partial charge in [-0.15, -0.1) is 11.6 Å². The molecule has 0 aliphatic carbocycles. The van der Waals surface area contributed by atoms with Gasteiger partial charge in [0.2, 0.25) is 0 Å². The number of rotatable bonds is 8. The molecule has 0 aliphatic rings. The van der Waals surface area contributed by atoms with Crippen LogP contribution in [0, 0.1) is 0 Å². The first-order valence-corrected chi connectivity index (χ1v) is 6.18. The Morgan fingerprint density at radius 3 is 2.93 bits per heavy atom. The van der Waals surface area contributed by atoms with Crippen LogP contribution in [0.2, 0.25) is 0 Å². The van der Waals surface area contributed by atoms with Crippen molar-refractivity contribution in [3.8, 4) is 0 Å². The van der Waals surface area contributed by atoms with Crippen LogP contribution in [0.5, 0.6) is 0 Å². The fraction of sp³-hybridized carbons (Fsp3) is 0.727. The minimum Gasteiger partial charge on any atom is -0.313 e. The molecule has 1 aromatic heterocycles. The molecule has 86 valence electrons. The van der Waals surface area contributed by atoms with E-state index in [4.69, 9.17) is 11.6 Å². The zero-order chi connectivity index (χ0) is 10.9. The van der Waals surface area contributed by atoms with Crippen LogP contribution in [0.3, 0.4) is 0 Å². The summed E-state index contributed by atoms with van der Waals surface area (Å²) >= 11 is 5.60. The highest BCUT2D eigenvalue weighted by molar-refractivity contribution is 6.17. The lowest BCUT2D eigenvalue weighted by atomic mass is 10.2. The number of alkyl halides is 1. The predicted octanol–water partition coefficient (Wildman–Crippen LogP) is 2.40. The minimum absolute atomic E-state index is 0.781. The number of halogens is 1. The second-order valence-corrected chi connectivity index (χ2v) is 4.01. The molecule has 1 N–H and O–H groups in total. The van der Waals surface area contributed by atoms with Gasteiger partial charge in [-0.25, -0.2) is 0 Å². The van der Waals surface area contributed by atoms with Crippen molar-refractivity contribution in [3.05, 3.63) is 18.0 Å². The number of aryl methyl sites for hydroxylation is 1. The van der Waals surface area contributed by atoms with E-state index in [1.165, 1.54) is 18.4 Å². The van der Waals surface area contributed by atoms with Crippen molar-refractivity contribution in [2.75, 3.05) is 12.4 Å². The van der Waals surface area contributed by atoms with Crippen LogP contribution < -0.4 is 5.32 Å². The molecule has 15 heavy (non-hydrogen) atoms. The minimum atomic E-state index is 0.781. The highest BCUT2D eigenvalue weighted by Gasteiger charge is 1.96. The Bertz CT molecular complexity index is 260. The first-order valence-electron chi connectivity index (χ1n) is 5.65. The monoisotopic (exact) mass is 229 g/mol. The SMILES string of the molecule is CCn1cc(CNCCCCCCl)cn1. The number of aromatic nitrogens is 2. The van der Waals surface area contributed by atoms with Crippen molar-refractivity contribution < 1.29 is 0 Å². The maximum atomic E-state index is 5.60. The molecule has 1 heterocycles. The van der Waals surface area contributed by atoms with Crippen LogP contribution in [0.15, 0.2) is 12.4 Å². The van der Waals surface area contributed by atoms with Crippen molar-refractivity contribution in [2.45, 2.75) is 39.3 Å². The van der Waals surface area contributed by atoms with Crippen molar-refractivity contribution in [2.24, 2.45) is 0 Å². The molecule has 0 radical (unpaired) electrons. The second-order valence-electron chi connectivity index (χ2n) is 3.63. The average molecular weight is 230 g/mol. The van der Waals surface area contributed by atoms with Gasteiger partial charge in [0.05, 0.1) is 6.20 Å². The summed E-state index contributed by atoms with van der Waals surface area (Å²) in [5, 5.41) is 7.62. The van der Waals surface area contributed by atoms with Gasteiger partial charge in [0.1, 0.15) is 0 Å². The first kappa shape index (κ1) is 12.5. The molecule has 0 aromatic carbocycles. The van der Waals surface area contributed by atoms with E-state index >= 15 is 0 Å². The van der Waals surface area contributed by atoms with Crippen LogP contribution in [0.25, 0.3) is 0 Å². The normalized spacial score (nSPS) is 10.8. The molecule has 1 aromatic rings. The lowest BCUT2D eigenvalue weighted by Gasteiger charge is -2.01. The molecule has 0 fully saturated rings. The Balaban J connectivity index is 2.04. The maximum Gasteiger partial charge on any atom is 0.0534 e. The van der Waals surface area contributed by atoms with Gasteiger partial charge in [-0.05, 0) is 26.3 Å². The third kappa shape index (κ3) is 5.19. The van der Waals surface area contributed by atoms with Crippen molar-refractivity contribution in [1.82, 2.24) is 15.1 Å². The lowest BCUT2D eigenvalue weighted by Crippen LogP contribution is -2.14. The molecular formula is C11H20ClN3. The number of unbranched alkanes of at least 4 members (excludes halogenated alkanes) is 2. The summed E-state index contributed by atoms with van der Waals surface area (Å²) in [6.07, 6.45) is 7.55. The molecule has 3 nitrogen and oxygen atoms in total. The van der Waals surface area contributed by atoms with Gasteiger partial charge in [0, 0.05) is 30.7 Å². The van der Waals surface area contributed by atoms with E-state index in [0.717, 1.165) is 31.9 Å². The van der Waals surface area contributed by atoms with E-state index in [-0.39, 0.29) is 0 Å². The van der Waals surface area contributed by atoms with Crippen molar-refractivity contribution >= 4 is 11.6 Å². The highest BCUT2D eigenvalue weighted by atomic mass is 35.5. The summed E-state index contributed by atoms with van der Waals surface area (Å²) in [6.45, 7) is 5.02. The summed E-state index contributed by atoms with van der Waals surface area (Å²) in [5.74, 6) is 0.781. The van der Waals surface area contributed by atoms with Gasteiger partial charge in [0.15, 0.2) is 0 Å². The second kappa shape index (κ2) is 7.71. The summed E-state index contributed by atoms with van der Waals surface area (Å²) < 4.78 is 1.95. The molecule has 4 heteroatoms. The van der Waals surface area contributed by atoms with Crippen LogP contribution in [0.1, 0.15) is 31.7 Å². The largest absolute Gasteiger partial charge is 0.313 e. The Kier molecular flexibility index (Phi) is 6.44. The van der Waals surface area contributed by atoms with E-state index < -0.39 is 0 Å². The Morgan fingerprint density at radius 2 is 2.27 bits per heavy atom. The summed E-state index contributed by atoms with van der Waals surface area (Å²) in [4.78, 5) is 0. The zero-order valence-electron chi connectivity index (χ0n) is 9.38. The first-order chi connectivity index (χ1) is 7.36. The van der Waals surface area contributed by atoms with E-state index in [1.807, 2.05) is 10.9 Å². The van der Waals surface area contributed by atoms with Gasteiger partial charge in [-0.2, -0.15) is 5.10 Å². The molecule has 0 unspecified atom stereocenters. The number of nitrogens with one attached hydrogen (secondary N) is 1. The van der Waals surface area contributed by atoms with Crippen LogP contribution in [-0.4, -0.2) is 22.2 Å². The van der Waals surface area contributed by atoms with Gasteiger partial charge in [-0.1, -0.05) is 6.42 Å². The smallest absolute Gasteiger partial charge is 0.0534 e. The number of hydrogen-bond acceptors (Lipinski definition) is 2. The fourth-order valence-electron chi connectivity index (χ4n) is 1.42. The Hall–Kier alpha value is -0.540. The molecule has 0 atom stereocenters. The molecule has 1 rings (SSSR count). The molecule has 0 amide bonds. The van der Waals surface area contributed by atoms with Crippen LogP contribution >= 0.6 is 11.6 Å². The van der Waals surface area contributed by atoms with E-state index in [1.54, 1.807) is 0 Å². The standard InChI is InChI=1S/C11H20ClN3/c1-2-15-10-11(9-14-15)8-13-7-5-3-4-6-12/h9-10,13H,2-8H2,1H3. The number of hydrogen-bond donors (Lipinski definition) is 1. The Morgan fingerprint density at radius 1 is 1.40 bits per heavy atom. The lowest BCUT2D eigenvalue weighted by molar-refractivity contribution is 0.616. The zero-order valence-corrected chi connectivity index (χ0v) is 10.1. The third-order valence-corrected chi connectivity index (χ3v) is 2.59. The average Bonchev–Trinajstić information content (AvgIpc) is 2.71. The van der Waals surface area contributed by atoms with Crippen LogP contribution in [0.4, 0.5) is 0 Å². The molecule has 0 saturated carbocycles. The summed E-state index contributed by atoms with van der Waals surface area (Å²) in [5.41, 5.74) is 1.26. The molecule has 0 bridgehead atoms. The van der Waals surface area contributed by atoms with Crippen LogP contribution in [-0.2, 0) is 13.1 Å². The summed E-state index contributed by atoms with van der Waals surface area (Å²) in [7, 11) is 0. The summed E-state index contributed by atoms with van der Waals surface area (Å²) in [6, 6.07) is 0. The number of nitrogens with zero attached hydrogens (tertiary/aromatic N) is 2. The quantitative estimate of drug-likeness (QED) is 0.548.